The number of guanidine groups is 1. The highest BCUT2D eigenvalue weighted by Gasteiger charge is 2.05. The Morgan fingerprint density at radius 2 is 1.78 bits per heavy atom. The Bertz CT molecular complexity index is 283. The van der Waals surface area contributed by atoms with E-state index in [1.807, 2.05) is 0 Å². The molecule has 23 heavy (non-hydrogen) atoms. The molecular weight excluding hydrogens is 290 g/mol. The van der Waals surface area contributed by atoms with Gasteiger partial charge in [-0.05, 0) is 39.0 Å². The Hall–Kier alpha value is -0.810. The van der Waals surface area contributed by atoms with E-state index in [4.69, 9.17) is 9.47 Å². The van der Waals surface area contributed by atoms with Crippen molar-refractivity contribution in [3.05, 3.63) is 0 Å². The normalized spacial score (nSPS) is 13.4. The summed E-state index contributed by atoms with van der Waals surface area (Å²) in [6.07, 6.45) is 5.84. The minimum absolute atomic E-state index is 0.462. The number of hydrogen-bond acceptors (Lipinski definition) is 3. The SMILES string of the molecule is CCNC(=NCCCCOCCOC)NC(C)CCCC(C)C. The van der Waals surface area contributed by atoms with Crippen LogP contribution >= 0.6 is 0 Å². The minimum atomic E-state index is 0.462. The number of methoxy groups -OCH3 is 1. The molecule has 0 aliphatic rings. The zero-order valence-corrected chi connectivity index (χ0v) is 16.0. The lowest BCUT2D eigenvalue weighted by Crippen LogP contribution is -2.42. The molecule has 0 aromatic rings. The lowest BCUT2D eigenvalue weighted by atomic mass is 10.0. The average Bonchev–Trinajstić information content (AvgIpc) is 2.49. The number of hydrogen-bond donors (Lipinski definition) is 2. The molecule has 1 unspecified atom stereocenters. The van der Waals surface area contributed by atoms with E-state index >= 15 is 0 Å². The Morgan fingerprint density at radius 1 is 1.00 bits per heavy atom. The number of unbranched alkanes of at least 4 members (excludes halogenated alkanes) is 1. The Balaban J connectivity index is 3.85. The second-order valence-electron chi connectivity index (χ2n) is 6.44. The maximum absolute atomic E-state index is 5.45. The second-order valence-corrected chi connectivity index (χ2v) is 6.44. The number of aliphatic imine (C=N–C) groups is 1. The van der Waals surface area contributed by atoms with Gasteiger partial charge in [0.2, 0.25) is 0 Å². The maximum Gasteiger partial charge on any atom is 0.191 e. The lowest BCUT2D eigenvalue weighted by molar-refractivity contribution is 0.0690. The van der Waals surface area contributed by atoms with Crippen molar-refractivity contribution in [3.8, 4) is 0 Å². The maximum atomic E-state index is 5.45. The van der Waals surface area contributed by atoms with Crippen LogP contribution < -0.4 is 10.6 Å². The van der Waals surface area contributed by atoms with E-state index in [2.05, 4.69) is 43.3 Å². The van der Waals surface area contributed by atoms with E-state index in [0.29, 0.717) is 19.3 Å². The molecule has 2 N–H and O–H groups in total. The number of ether oxygens (including phenoxy) is 2. The fourth-order valence-electron chi connectivity index (χ4n) is 2.21. The molecule has 138 valence electrons. The van der Waals surface area contributed by atoms with Crippen LogP contribution in [0.25, 0.3) is 0 Å². The van der Waals surface area contributed by atoms with Crippen molar-refractivity contribution in [1.29, 1.82) is 0 Å². The summed E-state index contributed by atoms with van der Waals surface area (Å²) in [5.41, 5.74) is 0. The number of nitrogens with zero attached hydrogens (tertiary/aromatic N) is 1. The van der Waals surface area contributed by atoms with Crippen LogP contribution in [0.5, 0.6) is 0 Å². The minimum Gasteiger partial charge on any atom is -0.382 e. The van der Waals surface area contributed by atoms with Gasteiger partial charge >= 0.3 is 0 Å². The molecule has 0 amide bonds. The summed E-state index contributed by atoms with van der Waals surface area (Å²) >= 11 is 0. The van der Waals surface area contributed by atoms with Gasteiger partial charge in [-0.25, -0.2) is 0 Å². The van der Waals surface area contributed by atoms with Gasteiger partial charge in [0.05, 0.1) is 13.2 Å². The molecule has 0 saturated carbocycles. The molecule has 0 saturated heterocycles. The van der Waals surface area contributed by atoms with Gasteiger partial charge in [0.25, 0.3) is 0 Å². The molecule has 1 atom stereocenters. The van der Waals surface area contributed by atoms with Crippen molar-refractivity contribution in [2.75, 3.05) is 40.0 Å². The van der Waals surface area contributed by atoms with E-state index in [9.17, 15) is 0 Å². The van der Waals surface area contributed by atoms with Crippen LogP contribution in [0.1, 0.15) is 59.8 Å². The zero-order valence-electron chi connectivity index (χ0n) is 16.0. The van der Waals surface area contributed by atoms with Gasteiger partial charge in [-0.15, -0.1) is 0 Å². The fourth-order valence-corrected chi connectivity index (χ4v) is 2.21. The lowest BCUT2D eigenvalue weighted by Gasteiger charge is -2.18. The van der Waals surface area contributed by atoms with Crippen LogP contribution in [0.15, 0.2) is 4.99 Å². The third-order valence-corrected chi connectivity index (χ3v) is 3.54. The Kier molecular flexibility index (Phi) is 15.5. The van der Waals surface area contributed by atoms with Crippen molar-refractivity contribution < 1.29 is 9.47 Å². The highest BCUT2D eigenvalue weighted by atomic mass is 16.5. The molecular formula is C18H39N3O2. The third-order valence-electron chi connectivity index (χ3n) is 3.54. The molecule has 0 bridgehead atoms. The van der Waals surface area contributed by atoms with Crippen molar-refractivity contribution in [2.45, 2.75) is 65.8 Å². The van der Waals surface area contributed by atoms with Crippen molar-refractivity contribution in [1.82, 2.24) is 10.6 Å². The molecule has 0 aliphatic heterocycles. The van der Waals surface area contributed by atoms with Crippen molar-refractivity contribution in [3.63, 3.8) is 0 Å². The molecule has 0 aromatic carbocycles. The predicted octanol–water partition coefficient (Wildman–Crippen LogP) is 3.20. The van der Waals surface area contributed by atoms with Crippen molar-refractivity contribution in [2.24, 2.45) is 10.9 Å². The largest absolute Gasteiger partial charge is 0.382 e. The molecule has 0 aliphatic carbocycles. The topological polar surface area (TPSA) is 54.9 Å². The average molecular weight is 330 g/mol. The molecule has 0 radical (unpaired) electrons. The van der Waals surface area contributed by atoms with Gasteiger partial charge in [-0.2, -0.15) is 0 Å². The van der Waals surface area contributed by atoms with Crippen molar-refractivity contribution >= 4 is 5.96 Å². The van der Waals surface area contributed by atoms with Crippen LogP contribution in [0, 0.1) is 5.92 Å². The first kappa shape index (κ1) is 22.2. The van der Waals surface area contributed by atoms with Gasteiger partial charge < -0.3 is 20.1 Å². The molecule has 0 rings (SSSR count). The number of nitrogens with one attached hydrogen (secondary N) is 2. The van der Waals surface area contributed by atoms with Crippen LogP contribution in [0.3, 0.4) is 0 Å². The van der Waals surface area contributed by atoms with Gasteiger partial charge in [-0.1, -0.05) is 26.7 Å². The van der Waals surface area contributed by atoms with Gasteiger partial charge in [0.1, 0.15) is 0 Å². The van der Waals surface area contributed by atoms with E-state index in [-0.39, 0.29) is 0 Å². The first-order valence-corrected chi connectivity index (χ1v) is 9.21. The summed E-state index contributed by atoms with van der Waals surface area (Å²) in [6, 6.07) is 0.462. The van der Waals surface area contributed by atoms with E-state index in [1.54, 1.807) is 7.11 Å². The van der Waals surface area contributed by atoms with E-state index in [1.165, 1.54) is 19.3 Å². The summed E-state index contributed by atoms with van der Waals surface area (Å²) in [4.78, 5) is 4.64. The van der Waals surface area contributed by atoms with Crippen LogP contribution in [-0.4, -0.2) is 52.0 Å². The van der Waals surface area contributed by atoms with Crippen LogP contribution in [0.4, 0.5) is 0 Å². The van der Waals surface area contributed by atoms with Crippen LogP contribution in [-0.2, 0) is 9.47 Å². The molecule has 5 nitrogen and oxygen atoms in total. The first-order chi connectivity index (χ1) is 11.1. The van der Waals surface area contributed by atoms with Crippen LogP contribution in [0.2, 0.25) is 0 Å². The first-order valence-electron chi connectivity index (χ1n) is 9.21. The molecule has 0 aromatic heterocycles. The third kappa shape index (κ3) is 15.8. The Morgan fingerprint density at radius 3 is 2.43 bits per heavy atom. The summed E-state index contributed by atoms with van der Waals surface area (Å²) in [5, 5.41) is 6.82. The van der Waals surface area contributed by atoms with E-state index in [0.717, 1.165) is 44.4 Å². The molecule has 0 fully saturated rings. The fraction of sp³-hybridized carbons (Fsp3) is 0.944. The summed E-state index contributed by atoms with van der Waals surface area (Å²) in [6.45, 7) is 12.8. The zero-order chi connectivity index (χ0) is 17.3. The number of rotatable bonds is 14. The predicted molar refractivity (Wildman–Crippen MR) is 99.2 cm³/mol. The summed E-state index contributed by atoms with van der Waals surface area (Å²) in [5.74, 6) is 1.72. The standard InChI is InChI=1S/C18H39N3O2/c1-6-19-18(21-17(4)11-9-10-16(2)3)20-12-7-8-13-23-15-14-22-5/h16-17H,6-15H2,1-5H3,(H2,19,20,21). The van der Waals surface area contributed by atoms with Gasteiger partial charge in [0, 0.05) is 32.8 Å². The Labute approximate surface area is 143 Å². The highest BCUT2D eigenvalue weighted by molar-refractivity contribution is 5.79. The monoisotopic (exact) mass is 329 g/mol. The summed E-state index contributed by atoms with van der Waals surface area (Å²) < 4.78 is 10.4. The highest BCUT2D eigenvalue weighted by Crippen LogP contribution is 2.08. The molecule has 0 spiro atoms. The van der Waals surface area contributed by atoms with Gasteiger partial charge in [-0.3, -0.25) is 4.99 Å². The summed E-state index contributed by atoms with van der Waals surface area (Å²) in [7, 11) is 1.69. The van der Waals surface area contributed by atoms with Gasteiger partial charge in [0.15, 0.2) is 5.96 Å². The second kappa shape index (κ2) is 16.1. The molecule has 0 heterocycles. The smallest absolute Gasteiger partial charge is 0.191 e. The van der Waals surface area contributed by atoms with E-state index < -0.39 is 0 Å². The molecule has 5 heteroatoms. The quantitative estimate of drug-likeness (QED) is 0.292.